The molecule has 1 unspecified atom stereocenters. The number of rotatable bonds is 4. The zero-order valence-electron chi connectivity index (χ0n) is 15.0. The molecular weight excluding hydrogens is 354 g/mol. The summed E-state index contributed by atoms with van der Waals surface area (Å²) in [5.41, 5.74) is -0.282. The van der Waals surface area contributed by atoms with Gasteiger partial charge in [-0.1, -0.05) is 0 Å². The van der Waals surface area contributed by atoms with E-state index in [0.717, 1.165) is 10.6 Å². The number of benzene rings is 1. The second-order valence-electron chi connectivity index (χ2n) is 6.26. The number of anilines is 1. The fraction of sp³-hybridized carbons (Fsp3) is 0.278. The van der Waals surface area contributed by atoms with Crippen molar-refractivity contribution in [3.05, 3.63) is 62.1 Å². The molecule has 2 heterocycles. The minimum atomic E-state index is -0.957. The van der Waals surface area contributed by atoms with Crippen molar-refractivity contribution in [3.8, 4) is 5.75 Å². The Bertz CT molecular complexity index is 1030. The van der Waals surface area contributed by atoms with Gasteiger partial charge in [0.25, 0.3) is 5.91 Å². The van der Waals surface area contributed by atoms with E-state index in [1.807, 2.05) is 0 Å². The maximum absolute atomic E-state index is 12.9. The van der Waals surface area contributed by atoms with Crippen LogP contribution in [-0.4, -0.2) is 34.8 Å². The Kier molecular flexibility index (Phi) is 4.52. The number of aromatic nitrogens is 1. The van der Waals surface area contributed by atoms with Crippen molar-refractivity contribution >= 4 is 23.1 Å². The van der Waals surface area contributed by atoms with Gasteiger partial charge in [0.15, 0.2) is 12.4 Å². The summed E-state index contributed by atoms with van der Waals surface area (Å²) in [4.78, 5) is 48.8. The number of ketones is 1. The zero-order valence-corrected chi connectivity index (χ0v) is 15.0. The highest BCUT2D eigenvalue weighted by molar-refractivity contribution is 6.03. The number of nitro groups is 1. The first-order chi connectivity index (χ1) is 12.7. The Morgan fingerprint density at radius 3 is 2.63 bits per heavy atom. The van der Waals surface area contributed by atoms with Crippen molar-refractivity contribution in [1.29, 1.82) is 0 Å². The van der Waals surface area contributed by atoms with Gasteiger partial charge in [0.05, 0.1) is 16.7 Å². The molecule has 0 radical (unpaired) electrons. The molecule has 1 aliphatic heterocycles. The zero-order chi connectivity index (χ0) is 19.9. The third kappa shape index (κ3) is 3.07. The Morgan fingerprint density at radius 2 is 1.96 bits per heavy atom. The average Bonchev–Trinajstić information content (AvgIpc) is 2.63. The highest BCUT2D eigenvalue weighted by Gasteiger charge is 2.27. The lowest BCUT2D eigenvalue weighted by atomic mass is 10.0. The minimum Gasteiger partial charge on any atom is -0.482 e. The van der Waals surface area contributed by atoms with Crippen molar-refractivity contribution in [2.24, 2.45) is 0 Å². The van der Waals surface area contributed by atoms with E-state index in [1.54, 1.807) is 26.1 Å². The van der Waals surface area contributed by atoms with Crippen LogP contribution in [0.3, 0.4) is 0 Å². The number of ether oxygens (including phenoxy) is 1. The predicted molar refractivity (Wildman–Crippen MR) is 96.5 cm³/mol. The molecule has 1 atom stereocenters. The first-order valence-electron chi connectivity index (χ1n) is 8.16. The van der Waals surface area contributed by atoms with E-state index < -0.39 is 28.0 Å². The van der Waals surface area contributed by atoms with Crippen LogP contribution in [0.1, 0.15) is 29.0 Å². The summed E-state index contributed by atoms with van der Waals surface area (Å²) < 4.78 is 6.44. The first kappa shape index (κ1) is 18.3. The summed E-state index contributed by atoms with van der Waals surface area (Å²) in [6.45, 7) is 3.03. The monoisotopic (exact) mass is 371 g/mol. The maximum Gasteiger partial charge on any atom is 0.334 e. The van der Waals surface area contributed by atoms with Crippen molar-refractivity contribution in [2.75, 3.05) is 18.6 Å². The van der Waals surface area contributed by atoms with Gasteiger partial charge in [0.2, 0.25) is 0 Å². The molecule has 9 heteroatoms. The van der Waals surface area contributed by atoms with E-state index in [-0.39, 0.29) is 18.1 Å². The van der Waals surface area contributed by atoms with Crippen LogP contribution < -0.4 is 15.2 Å². The van der Waals surface area contributed by atoms with E-state index in [0.29, 0.717) is 17.1 Å². The predicted octanol–water partition coefficient (Wildman–Crippen LogP) is 1.86. The summed E-state index contributed by atoms with van der Waals surface area (Å²) in [5.74, 6) is -0.175. The number of pyridine rings is 1. The lowest BCUT2D eigenvalue weighted by Gasteiger charge is -2.26. The molecule has 27 heavy (non-hydrogen) atoms. The minimum absolute atomic E-state index is 0.0739. The number of nitrogens with zero attached hydrogens (tertiary/aromatic N) is 3. The van der Waals surface area contributed by atoms with Crippen LogP contribution in [-0.2, 0) is 4.79 Å². The first-order valence-corrected chi connectivity index (χ1v) is 8.16. The summed E-state index contributed by atoms with van der Waals surface area (Å²) in [6.07, 6.45) is 0. The van der Waals surface area contributed by atoms with Crippen LogP contribution in [0.15, 0.2) is 35.1 Å². The normalized spacial score (nSPS) is 14.3. The molecule has 0 N–H and O–H groups in total. The Hall–Kier alpha value is -3.49. The number of hydrogen-bond acceptors (Lipinski definition) is 6. The molecule has 1 aromatic carbocycles. The maximum atomic E-state index is 12.9. The number of Topliss-reactive ketones (excluding diaryl/α,β-unsaturated/α-hetero) is 1. The van der Waals surface area contributed by atoms with E-state index in [1.165, 1.54) is 24.0 Å². The third-order valence-electron chi connectivity index (χ3n) is 4.59. The van der Waals surface area contributed by atoms with Crippen molar-refractivity contribution in [3.63, 3.8) is 0 Å². The molecule has 0 fully saturated rings. The molecule has 2 aromatic rings. The number of hydrogen-bond donors (Lipinski definition) is 0. The standard InChI is InChI=1S/C18H17N3O6/c1-10-4-6-13(21(25)26)18(24)20(10)11(2)17(23)12-5-7-15-14(8-12)19(3)16(22)9-27-15/h4-8,11H,9H2,1-3H3. The molecule has 9 nitrogen and oxygen atoms in total. The Morgan fingerprint density at radius 1 is 1.26 bits per heavy atom. The molecule has 1 aromatic heterocycles. The topological polar surface area (TPSA) is 112 Å². The lowest BCUT2D eigenvalue weighted by molar-refractivity contribution is -0.386. The summed E-state index contributed by atoms with van der Waals surface area (Å²) >= 11 is 0. The summed E-state index contributed by atoms with van der Waals surface area (Å²) in [5, 5.41) is 11.0. The number of fused-ring (bicyclic) bond motifs is 1. The third-order valence-corrected chi connectivity index (χ3v) is 4.59. The molecule has 0 saturated heterocycles. The van der Waals surface area contributed by atoms with Crippen molar-refractivity contribution < 1.29 is 19.2 Å². The van der Waals surface area contributed by atoms with Crippen molar-refractivity contribution in [2.45, 2.75) is 19.9 Å². The number of likely N-dealkylation sites (N-methyl/N-ethyl adjacent to an activating group) is 1. The second-order valence-corrected chi connectivity index (χ2v) is 6.26. The van der Waals surface area contributed by atoms with Crippen LogP contribution in [0, 0.1) is 17.0 Å². The average molecular weight is 371 g/mol. The number of carbonyl (C=O) groups excluding carboxylic acids is 2. The Balaban J connectivity index is 2.03. The fourth-order valence-electron chi connectivity index (χ4n) is 3.04. The fourth-order valence-corrected chi connectivity index (χ4v) is 3.04. The van der Waals surface area contributed by atoms with E-state index >= 15 is 0 Å². The lowest BCUT2D eigenvalue weighted by Crippen LogP contribution is -2.35. The van der Waals surface area contributed by atoms with Crippen LogP contribution in [0.5, 0.6) is 5.75 Å². The molecular formula is C18H17N3O6. The van der Waals surface area contributed by atoms with E-state index in [9.17, 15) is 24.5 Å². The number of amides is 1. The SMILES string of the molecule is Cc1ccc([N+](=O)[O-])c(=O)n1C(C)C(=O)c1ccc2c(c1)N(C)C(=O)CO2. The summed E-state index contributed by atoms with van der Waals surface area (Å²) in [7, 11) is 1.58. The van der Waals surface area contributed by atoms with Crippen LogP contribution >= 0.6 is 0 Å². The van der Waals surface area contributed by atoms with Gasteiger partial charge in [-0.25, -0.2) is 0 Å². The van der Waals surface area contributed by atoms with Crippen LogP contribution in [0.2, 0.25) is 0 Å². The molecule has 1 amide bonds. The van der Waals surface area contributed by atoms with Gasteiger partial charge in [0.1, 0.15) is 5.75 Å². The van der Waals surface area contributed by atoms with Gasteiger partial charge in [-0.15, -0.1) is 0 Å². The van der Waals surface area contributed by atoms with E-state index in [4.69, 9.17) is 4.74 Å². The molecule has 3 rings (SSSR count). The highest BCUT2D eigenvalue weighted by Crippen LogP contribution is 2.33. The van der Waals surface area contributed by atoms with Gasteiger partial charge >= 0.3 is 11.2 Å². The number of carbonyl (C=O) groups is 2. The molecule has 0 saturated carbocycles. The van der Waals surface area contributed by atoms with Gasteiger partial charge in [-0.05, 0) is 38.1 Å². The van der Waals surface area contributed by atoms with Crippen LogP contribution in [0.4, 0.5) is 11.4 Å². The van der Waals surface area contributed by atoms with Gasteiger partial charge in [-0.2, -0.15) is 0 Å². The second kappa shape index (κ2) is 6.67. The Labute approximate surface area is 153 Å². The van der Waals surface area contributed by atoms with Gasteiger partial charge < -0.3 is 9.64 Å². The molecule has 0 aliphatic carbocycles. The smallest absolute Gasteiger partial charge is 0.334 e. The highest BCUT2D eigenvalue weighted by atomic mass is 16.6. The number of aryl methyl sites for hydroxylation is 1. The van der Waals surface area contributed by atoms with Gasteiger partial charge in [0, 0.05) is 24.4 Å². The van der Waals surface area contributed by atoms with Gasteiger partial charge in [-0.3, -0.25) is 29.1 Å². The molecule has 1 aliphatic rings. The summed E-state index contributed by atoms with van der Waals surface area (Å²) in [6, 6.07) is 6.24. The molecule has 0 bridgehead atoms. The van der Waals surface area contributed by atoms with E-state index in [2.05, 4.69) is 0 Å². The molecule has 140 valence electrons. The quantitative estimate of drug-likeness (QED) is 0.461. The molecule has 0 spiro atoms. The van der Waals surface area contributed by atoms with Crippen molar-refractivity contribution in [1.82, 2.24) is 4.57 Å². The largest absolute Gasteiger partial charge is 0.482 e. The van der Waals surface area contributed by atoms with Crippen LogP contribution in [0.25, 0.3) is 0 Å².